The highest BCUT2D eigenvalue weighted by atomic mass is 32.1. The summed E-state index contributed by atoms with van der Waals surface area (Å²) in [6.45, 7) is 7.30. The van der Waals surface area contributed by atoms with Crippen molar-refractivity contribution in [1.82, 2.24) is 10.3 Å². The number of aryl methyl sites for hydroxylation is 1. The smallest absolute Gasteiger partial charge is 0.165 e. The Morgan fingerprint density at radius 3 is 2.86 bits per heavy atom. The fraction of sp³-hybridized carbons (Fsp3) is 0.438. The molecule has 1 heterocycles. The first-order valence-electron chi connectivity index (χ1n) is 7.16. The van der Waals surface area contributed by atoms with Gasteiger partial charge in [-0.2, -0.15) is 0 Å². The van der Waals surface area contributed by atoms with Crippen molar-refractivity contribution < 1.29 is 9.13 Å². The fourth-order valence-corrected chi connectivity index (χ4v) is 2.67. The molecule has 0 aliphatic rings. The molecule has 1 aromatic heterocycles. The van der Waals surface area contributed by atoms with Crippen LogP contribution in [-0.2, 0) is 6.61 Å². The molecule has 0 bridgehead atoms. The van der Waals surface area contributed by atoms with Crippen LogP contribution in [0, 0.1) is 12.7 Å². The van der Waals surface area contributed by atoms with Crippen LogP contribution in [0.1, 0.15) is 42.6 Å². The lowest BCUT2D eigenvalue weighted by atomic mass is 10.1. The van der Waals surface area contributed by atoms with E-state index in [2.05, 4.69) is 17.2 Å². The number of ether oxygens (including phenoxy) is 1. The summed E-state index contributed by atoms with van der Waals surface area (Å²) in [7, 11) is 0. The molecule has 0 fully saturated rings. The summed E-state index contributed by atoms with van der Waals surface area (Å²) < 4.78 is 19.6. The maximum Gasteiger partial charge on any atom is 0.165 e. The van der Waals surface area contributed by atoms with Crippen molar-refractivity contribution in [2.45, 2.75) is 39.8 Å². The third-order valence-electron chi connectivity index (χ3n) is 3.17. The molecule has 1 unspecified atom stereocenters. The predicted octanol–water partition coefficient (Wildman–Crippen LogP) is 4.23. The summed E-state index contributed by atoms with van der Waals surface area (Å²) >= 11 is 1.52. The highest BCUT2D eigenvalue weighted by Crippen LogP contribution is 2.23. The lowest BCUT2D eigenvalue weighted by Gasteiger charge is -2.14. The molecule has 5 heteroatoms. The highest BCUT2D eigenvalue weighted by Gasteiger charge is 2.10. The van der Waals surface area contributed by atoms with Gasteiger partial charge < -0.3 is 10.1 Å². The van der Waals surface area contributed by atoms with Crippen molar-refractivity contribution in [3.05, 3.63) is 45.7 Å². The second-order valence-corrected chi connectivity index (χ2v) is 5.98. The summed E-state index contributed by atoms with van der Waals surface area (Å²) in [6, 6.07) is 5.26. The lowest BCUT2D eigenvalue weighted by Crippen LogP contribution is -2.19. The molecular weight excluding hydrogens is 287 g/mol. The average Bonchev–Trinajstić information content (AvgIpc) is 2.89. The molecule has 0 spiro atoms. The van der Waals surface area contributed by atoms with Crippen LogP contribution in [0.4, 0.5) is 4.39 Å². The standard InChI is InChI=1S/C16H21FN2OS/c1-4-7-18-12(3)13-5-6-15(14(17)8-13)20-9-16-19-11(2)10-21-16/h5-6,8,10,12,18H,4,7,9H2,1-3H3. The van der Waals surface area contributed by atoms with E-state index in [0.29, 0.717) is 6.61 Å². The van der Waals surface area contributed by atoms with Crippen molar-refractivity contribution >= 4 is 11.3 Å². The van der Waals surface area contributed by atoms with Crippen molar-refractivity contribution in [2.75, 3.05) is 6.54 Å². The van der Waals surface area contributed by atoms with Crippen LogP contribution in [0.5, 0.6) is 5.75 Å². The number of halogens is 1. The number of hydrogen-bond donors (Lipinski definition) is 1. The minimum atomic E-state index is -0.328. The van der Waals surface area contributed by atoms with Gasteiger partial charge in [0.25, 0.3) is 0 Å². The maximum absolute atomic E-state index is 14.1. The molecule has 2 aromatic rings. The number of benzene rings is 1. The first-order valence-corrected chi connectivity index (χ1v) is 8.04. The van der Waals surface area contributed by atoms with Gasteiger partial charge in [-0.3, -0.25) is 0 Å². The van der Waals surface area contributed by atoms with Crippen LogP contribution in [0.3, 0.4) is 0 Å². The van der Waals surface area contributed by atoms with Crippen LogP contribution in [0.25, 0.3) is 0 Å². The SMILES string of the molecule is CCCNC(C)c1ccc(OCc2nc(C)cs2)c(F)c1. The summed E-state index contributed by atoms with van der Waals surface area (Å²) in [5, 5.41) is 6.15. The summed E-state index contributed by atoms with van der Waals surface area (Å²) in [4.78, 5) is 4.30. The number of rotatable bonds is 7. The van der Waals surface area contributed by atoms with E-state index in [0.717, 1.165) is 29.2 Å². The van der Waals surface area contributed by atoms with Crippen molar-refractivity contribution in [2.24, 2.45) is 0 Å². The van der Waals surface area contributed by atoms with Gasteiger partial charge in [0.1, 0.15) is 11.6 Å². The molecule has 114 valence electrons. The third-order valence-corrected chi connectivity index (χ3v) is 4.11. The molecular formula is C16H21FN2OS. The van der Waals surface area contributed by atoms with Gasteiger partial charge in [-0.1, -0.05) is 13.0 Å². The monoisotopic (exact) mass is 308 g/mol. The molecule has 0 radical (unpaired) electrons. The van der Waals surface area contributed by atoms with Gasteiger partial charge in [0.2, 0.25) is 0 Å². The van der Waals surface area contributed by atoms with E-state index in [1.165, 1.54) is 17.4 Å². The number of thiazole rings is 1. The van der Waals surface area contributed by atoms with E-state index in [9.17, 15) is 4.39 Å². The first-order chi connectivity index (χ1) is 10.1. The highest BCUT2D eigenvalue weighted by molar-refractivity contribution is 7.09. The lowest BCUT2D eigenvalue weighted by molar-refractivity contribution is 0.289. The van der Waals surface area contributed by atoms with Crippen LogP contribution < -0.4 is 10.1 Å². The zero-order chi connectivity index (χ0) is 15.2. The van der Waals surface area contributed by atoms with Gasteiger partial charge in [-0.15, -0.1) is 11.3 Å². The van der Waals surface area contributed by atoms with Gasteiger partial charge in [0.15, 0.2) is 11.6 Å². The van der Waals surface area contributed by atoms with E-state index in [1.807, 2.05) is 25.3 Å². The summed E-state index contributed by atoms with van der Waals surface area (Å²) in [5.41, 5.74) is 1.89. The number of nitrogens with zero attached hydrogens (tertiary/aromatic N) is 1. The van der Waals surface area contributed by atoms with E-state index in [-0.39, 0.29) is 17.6 Å². The third kappa shape index (κ3) is 4.51. The molecule has 0 saturated heterocycles. The molecule has 1 aromatic carbocycles. The normalized spacial score (nSPS) is 12.4. The maximum atomic E-state index is 14.1. The van der Waals surface area contributed by atoms with Gasteiger partial charge in [-0.05, 0) is 44.5 Å². The number of aromatic nitrogens is 1. The van der Waals surface area contributed by atoms with Crippen molar-refractivity contribution in [1.29, 1.82) is 0 Å². The summed E-state index contributed by atoms with van der Waals surface area (Å²) in [5.74, 6) is -0.0554. The Morgan fingerprint density at radius 1 is 1.43 bits per heavy atom. The van der Waals surface area contributed by atoms with E-state index >= 15 is 0 Å². The van der Waals surface area contributed by atoms with Crippen LogP contribution in [0.15, 0.2) is 23.6 Å². The first kappa shape index (κ1) is 15.9. The second kappa shape index (κ2) is 7.52. The molecule has 0 amide bonds. The van der Waals surface area contributed by atoms with E-state index < -0.39 is 0 Å². The Balaban J connectivity index is 1.98. The van der Waals surface area contributed by atoms with Gasteiger partial charge in [0.05, 0.1) is 0 Å². The Bertz CT molecular complexity index is 585. The van der Waals surface area contributed by atoms with Crippen LogP contribution >= 0.6 is 11.3 Å². The number of nitrogens with one attached hydrogen (secondary N) is 1. The fourth-order valence-electron chi connectivity index (χ4n) is 1.99. The number of hydrogen-bond acceptors (Lipinski definition) is 4. The van der Waals surface area contributed by atoms with E-state index in [4.69, 9.17) is 4.74 Å². The predicted molar refractivity (Wildman–Crippen MR) is 84.3 cm³/mol. The summed E-state index contributed by atoms with van der Waals surface area (Å²) in [6.07, 6.45) is 1.06. The minimum absolute atomic E-state index is 0.134. The Hall–Kier alpha value is -1.46. The topological polar surface area (TPSA) is 34.1 Å². The molecule has 0 saturated carbocycles. The second-order valence-electron chi connectivity index (χ2n) is 5.04. The molecule has 21 heavy (non-hydrogen) atoms. The average molecular weight is 308 g/mol. The van der Waals surface area contributed by atoms with Crippen LogP contribution in [-0.4, -0.2) is 11.5 Å². The zero-order valence-corrected chi connectivity index (χ0v) is 13.5. The quantitative estimate of drug-likeness (QED) is 0.831. The molecule has 1 N–H and O–H groups in total. The van der Waals surface area contributed by atoms with Gasteiger partial charge in [0, 0.05) is 17.1 Å². The Morgan fingerprint density at radius 2 is 2.24 bits per heavy atom. The van der Waals surface area contributed by atoms with Crippen molar-refractivity contribution in [3.63, 3.8) is 0 Å². The molecule has 0 aliphatic carbocycles. The van der Waals surface area contributed by atoms with E-state index in [1.54, 1.807) is 6.07 Å². The molecule has 3 nitrogen and oxygen atoms in total. The van der Waals surface area contributed by atoms with Crippen molar-refractivity contribution in [3.8, 4) is 5.75 Å². The van der Waals surface area contributed by atoms with Gasteiger partial charge >= 0.3 is 0 Å². The van der Waals surface area contributed by atoms with Crippen LogP contribution in [0.2, 0.25) is 0 Å². The minimum Gasteiger partial charge on any atom is -0.483 e. The van der Waals surface area contributed by atoms with Gasteiger partial charge in [-0.25, -0.2) is 9.37 Å². The molecule has 1 atom stereocenters. The Labute approximate surface area is 129 Å². The zero-order valence-electron chi connectivity index (χ0n) is 12.6. The Kier molecular flexibility index (Phi) is 5.70. The largest absolute Gasteiger partial charge is 0.483 e. The molecule has 0 aliphatic heterocycles. The molecule has 2 rings (SSSR count).